The Morgan fingerprint density at radius 2 is 0.907 bits per heavy atom. The minimum Gasteiger partial charge on any atom is -0.462 e. The van der Waals surface area contributed by atoms with E-state index in [-0.39, 0.29) is 38.6 Å². The molecule has 0 fully saturated rings. The van der Waals surface area contributed by atoms with Crippen molar-refractivity contribution in [2.24, 2.45) is 5.73 Å². The van der Waals surface area contributed by atoms with Crippen LogP contribution in [0.2, 0.25) is 0 Å². The first-order chi connectivity index (χ1) is 26.3. The van der Waals surface area contributed by atoms with Gasteiger partial charge in [0, 0.05) is 19.4 Å². The highest BCUT2D eigenvalue weighted by molar-refractivity contribution is 7.47. The molecule has 54 heavy (non-hydrogen) atoms. The minimum atomic E-state index is -4.37. The fourth-order valence-electron chi connectivity index (χ4n) is 6.51. The third kappa shape index (κ3) is 40.4. The van der Waals surface area contributed by atoms with Crippen molar-refractivity contribution in [2.75, 3.05) is 26.4 Å². The van der Waals surface area contributed by atoms with Crippen LogP contribution in [0.1, 0.15) is 226 Å². The lowest BCUT2D eigenvalue weighted by Crippen LogP contribution is -2.29. The van der Waals surface area contributed by atoms with Gasteiger partial charge in [-0.05, 0) is 38.5 Å². The summed E-state index contributed by atoms with van der Waals surface area (Å²) in [6.45, 7) is 3.74. The maximum atomic E-state index is 12.6. The van der Waals surface area contributed by atoms with Crippen molar-refractivity contribution < 1.29 is 37.6 Å². The molecule has 0 aromatic rings. The molecule has 0 bridgehead atoms. The van der Waals surface area contributed by atoms with Crippen molar-refractivity contribution >= 4 is 19.8 Å². The van der Waals surface area contributed by atoms with E-state index in [0.29, 0.717) is 6.42 Å². The molecule has 0 aromatic heterocycles. The van der Waals surface area contributed by atoms with Crippen LogP contribution in [0.15, 0.2) is 12.2 Å². The van der Waals surface area contributed by atoms with Crippen molar-refractivity contribution in [1.29, 1.82) is 0 Å². The van der Waals surface area contributed by atoms with E-state index in [1.54, 1.807) is 0 Å². The summed E-state index contributed by atoms with van der Waals surface area (Å²) in [4.78, 5) is 34.9. The van der Waals surface area contributed by atoms with Crippen LogP contribution in [0.25, 0.3) is 0 Å². The second kappa shape index (κ2) is 41.4. The van der Waals surface area contributed by atoms with Gasteiger partial charge >= 0.3 is 19.8 Å². The third-order valence-electron chi connectivity index (χ3n) is 9.90. The lowest BCUT2D eigenvalue weighted by molar-refractivity contribution is -0.161. The number of phosphoric ester groups is 1. The zero-order valence-corrected chi connectivity index (χ0v) is 36.1. The molecular formula is C44H86NO8P. The van der Waals surface area contributed by atoms with E-state index in [4.69, 9.17) is 24.3 Å². The van der Waals surface area contributed by atoms with Gasteiger partial charge in [-0.15, -0.1) is 0 Å². The molecule has 9 nitrogen and oxygen atoms in total. The lowest BCUT2D eigenvalue weighted by atomic mass is 10.0. The molecule has 0 spiro atoms. The summed E-state index contributed by atoms with van der Waals surface area (Å²) < 4.78 is 32.8. The van der Waals surface area contributed by atoms with E-state index < -0.39 is 26.5 Å². The van der Waals surface area contributed by atoms with Gasteiger partial charge in [-0.25, -0.2) is 4.57 Å². The quantitative estimate of drug-likeness (QED) is 0.0268. The molecule has 0 radical (unpaired) electrons. The van der Waals surface area contributed by atoms with E-state index in [0.717, 1.165) is 51.4 Å². The van der Waals surface area contributed by atoms with Crippen molar-refractivity contribution in [3.8, 4) is 0 Å². The van der Waals surface area contributed by atoms with E-state index >= 15 is 0 Å². The Morgan fingerprint density at radius 1 is 0.537 bits per heavy atom. The zero-order valence-electron chi connectivity index (χ0n) is 35.2. The summed E-state index contributed by atoms with van der Waals surface area (Å²) in [6.07, 6.45) is 42.4. The summed E-state index contributed by atoms with van der Waals surface area (Å²) in [5.41, 5.74) is 5.35. The molecule has 0 amide bonds. The zero-order chi connectivity index (χ0) is 39.6. The number of ether oxygens (including phenoxy) is 2. The van der Waals surface area contributed by atoms with Gasteiger partial charge in [0.1, 0.15) is 6.61 Å². The molecule has 0 aromatic carbocycles. The normalized spacial score (nSPS) is 13.3. The number of hydrogen-bond acceptors (Lipinski definition) is 8. The molecule has 320 valence electrons. The summed E-state index contributed by atoms with van der Waals surface area (Å²) in [5, 5.41) is 0. The highest BCUT2D eigenvalue weighted by Gasteiger charge is 2.26. The summed E-state index contributed by atoms with van der Waals surface area (Å²) >= 11 is 0. The van der Waals surface area contributed by atoms with E-state index in [1.807, 2.05) is 0 Å². The molecule has 10 heteroatoms. The van der Waals surface area contributed by atoms with Crippen molar-refractivity contribution in [2.45, 2.75) is 232 Å². The number of allylic oxidation sites excluding steroid dienone is 2. The van der Waals surface area contributed by atoms with Crippen LogP contribution < -0.4 is 5.73 Å². The first-order valence-corrected chi connectivity index (χ1v) is 24.2. The Morgan fingerprint density at radius 3 is 1.33 bits per heavy atom. The number of hydrogen-bond donors (Lipinski definition) is 2. The molecule has 0 saturated heterocycles. The summed E-state index contributed by atoms with van der Waals surface area (Å²) in [6, 6.07) is 0. The number of nitrogens with two attached hydrogens (primary N) is 1. The Kier molecular flexibility index (Phi) is 40.4. The highest BCUT2D eigenvalue weighted by Crippen LogP contribution is 2.43. The van der Waals surface area contributed by atoms with Gasteiger partial charge in [-0.2, -0.15) is 0 Å². The van der Waals surface area contributed by atoms with Gasteiger partial charge in [-0.1, -0.05) is 187 Å². The molecule has 0 aliphatic heterocycles. The fraction of sp³-hybridized carbons (Fsp3) is 0.909. The molecular weight excluding hydrogens is 701 g/mol. The summed E-state index contributed by atoms with van der Waals surface area (Å²) in [7, 11) is -4.37. The van der Waals surface area contributed by atoms with Gasteiger partial charge in [0.2, 0.25) is 0 Å². The number of carbonyl (C=O) groups excluding carboxylic acids is 2. The number of phosphoric acid groups is 1. The van der Waals surface area contributed by atoms with Gasteiger partial charge in [0.05, 0.1) is 13.2 Å². The standard InChI is InChI=1S/C44H86NO8P/c1-3-5-7-9-11-13-15-17-18-19-20-21-22-23-25-27-29-31-33-35-37-44(47)53-42(41-52-54(48,49)51-39-38-45)40-50-43(46)36-34-32-30-28-26-24-16-14-12-10-8-6-4-2/h14,16,42H,3-13,15,17-41,45H2,1-2H3,(H,48,49)/b16-14+/t42-/m1/s1. The highest BCUT2D eigenvalue weighted by atomic mass is 31.2. The Hall–Kier alpha value is -1.25. The lowest BCUT2D eigenvalue weighted by Gasteiger charge is -2.19. The molecule has 0 heterocycles. The van der Waals surface area contributed by atoms with Crippen molar-refractivity contribution in [3.05, 3.63) is 12.2 Å². The second-order valence-corrected chi connectivity index (χ2v) is 16.7. The van der Waals surface area contributed by atoms with Crippen LogP contribution in [0, 0.1) is 0 Å². The van der Waals surface area contributed by atoms with Gasteiger partial charge in [0.15, 0.2) is 6.10 Å². The average molecular weight is 788 g/mol. The number of carbonyl (C=O) groups is 2. The number of rotatable bonds is 43. The predicted molar refractivity (Wildman–Crippen MR) is 224 cm³/mol. The first-order valence-electron chi connectivity index (χ1n) is 22.7. The number of unbranched alkanes of at least 4 members (excludes halogenated alkanes) is 28. The molecule has 3 N–H and O–H groups in total. The maximum Gasteiger partial charge on any atom is 0.472 e. The fourth-order valence-corrected chi connectivity index (χ4v) is 7.28. The monoisotopic (exact) mass is 788 g/mol. The van der Waals surface area contributed by atoms with Gasteiger partial charge in [0.25, 0.3) is 0 Å². The molecule has 1 unspecified atom stereocenters. The Labute approximate surface area is 332 Å². The topological polar surface area (TPSA) is 134 Å². The molecule has 0 saturated carbocycles. The third-order valence-corrected chi connectivity index (χ3v) is 10.9. The average Bonchev–Trinajstić information content (AvgIpc) is 3.16. The predicted octanol–water partition coefficient (Wildman–Crippen LogP) is 13.0. The van der Waals surface area contributed by atoms with Crippen LogP contribution in [-0.2, 0) is 32.7 Å². The van der Waals surface area contributed by atoms with Crippen molar-refractivity contribution in [3.63, 3.8) is 0 Å². The van der Waals surface area contributed by atoms with E-state index in [1.165, 1.54) is 141 Å². The minimum absolute atomic E-state index is 0.0552. The number of esters is 2. The second-order valence-electron chi connectivity index (χ2n) is 15.3. The molecule has 0 rings (SSSR count). The van der Waals surface area contributed by atoms with E-state index in [2.05, 4.69) is 26.0 Å². The molecule has 0 aliphatic carbocycles. The van der Waals surface area contributed by atoms with Crippen LogP contribution in [0.5, 0.6) is 0 Å². The molecule has 2 atom stereocenters. The molecule has 0 aliphatic rings. The van der Waals surface area contributed by atoms with Crippen LogP contribution >= 0.6 is 7.82 Å². The van der Waals surface area contributed by atoms with Crippen LogP contribution in [-0.4, -0.2) is 49.3 Å². The van der Waals surface area contributed by atoms with E-state index in [9.17, 15) is 19.0 Å². The first kappa shape index (κ1) is 52.8. The Balaban J connectivity index is 4.06. The van der Waals surface area contributed by atoms with Gasteiger partial charge < -0.3 is 20.1 Å². The Bertz CT molecular complexity index is 902. The maximum absolute atomic E-state index is 12.6. The van der Waals surface area contributed by atoms with Crippen molar-refractivity contribution in [1.82, 2.24) is 0 Å². The largest absolute Gasteiger partial charge is 0.472 e. The SMILES string of the molecule is CCCCCC/C=C/CCCCCCCC(=O)OC[C@H](COP(=O)(O)OCCN)OC(=O)CCCCCCCCCCCCCCCCCCCCCC. The summed E-state index contributed by atoms with van der Waals surface area (Å²) in [5.74, 6) is -0.827. The van der Waals surface area contributed by atoms with Gasteiger partial charge in [-0.3, -0.25) is 18.6 Å². The smallest absolute Gasteiger partial charge is 0.462 e. The van der Waals surface area contributed by atoms with Crippen LogP contribution in [0.3, 0.4) is 0 Å². The van der Waals surface area contributed by atoms with Crippen LogP contribution in [0.4, 0.5) is 0 Å².